The molecule has 2 aliphatic heterocycles. The van der Waals surface area contributed by atoms with Crippen LogP contribution in [0.2, 0.25) is 0 Å². The number of hydrogen-bond donors (Lipinski definition) is 3. The van der Waals surface area contributed by atoms with Crippen molar-refractivity contribution in [3.05, 3.63) is 30.5 Å². The van der Waals surface area contributed by atoms with Crippen molar-refractivity contribution in [1.82, 2.24) is 25.2 Å². The van der Waals surface area contributed by atoms with Crippen molar-refractivity contribution >= 4 is 44.6 Å². The summed E-state index contributed by atoms with van der Waals surface area (Å²) < 4.78 is 45.1. The molecule has 278 valence electrons. The number of methoxy groups -OCH3 is 1. The molecular weight excluding hydrogens is 678 g/mol. The summed E-state index contributed by atoms with van der Waals surface area (Å²) in [4.78, 5) is 61.2. The van der Waals surface area contributed by atoms with Gasteiger partial charge in [0, 0.05) is 18.0 Å². The number of carbonyl (C=O) groups is 4. The number of amides is 4. The van der Waals surface area contributed by atoms with Crippen LogP contribution in [0.5, 0.6) is 11.6 Å². The van der Waals surface area contributed by atoms with Crippen LogP contribution >= 0.6 is 0 Å². The van der Waals surface area contributed by atoms with E-state index < -0.39 is 68.4 Å². The van der Waals surface area contributed by atoms with Crippen LogP contribution in [0.3, 0.4) is 0 Å². The number of sulfonamides is 1. The Morgan fingerprint density at radius 1 is 1.02 bits per heavy atom. The predicted molar refractivity (Wildman–Crippen MR) is 187 cm³/mol. The second-order valence-electron chi connectivity index (χ2n) is 15.3. The number of ether oxygens (including phenoxy) is 3. The molecule has 4 amide bonds. The topological polar surface area (TPSA) is 182 Å². The van der Waals surface area contributed by atoms with Gasteiger partial charge in [-0.25, -0.2) is 18.2 Å². The Morgan fingerprint density at radius 2 is 1.75 bits per heavy atom. The number of nitrogens with one attached hydrogen (secondary N) is 3. The van der Waals surface area contributed by atoms with Gasteiger partial charge in [0.25, 0.3) is 5.91 Å². The average molecular weight is 728 g/mol. The van der Waals surface area contributed by atoms with E-state index in [2.05, 4.69) is 20.3 Å². The molecule has 2 saturated heterocycles. The fourth-order valence-electron chi connectivity index (χ4n) is 7.21. The minimum Gasteiger partial charge on any atom is -0.497 e. The lowest BCUT2D eigenvalue weighted by atomic mass is 10.0. The van der Waals surface area contributed by atoms with Crippen LogP contribution in [0.4, 0.5) is 4.79 Å². The second-order valence-corrected chi connectivity index (χ2v) is 17.2. The van der Waals surface area contributed by atoms with Gasteiger partial charge in [0.15, 0.2) is 0 Å². The van der Waals surface area contributed by atoms with E-state index in [1.807, 2.05) is 18.2 Å². The summed E-state index contributed by atoms with van der Waals surface area (Å²) in [5, 5.41) is 6.61. The van der Waals surface area contributed by atoms with Gasteiger partial charge in [-0.15, -0.1) is 0 Å². The fourth-order valence-corrected chi connectivity index (χ4v) is 8.57. The molecule has 2 saturated carbocycles. The van der Waals surface area contributed by atoms with Crippen molar-refractivity contribution in [2.24, 2.45) is 5.92 Å². The zero-order chi connectivity index (χ0) is 36.6. The van der Waals surface area contributed by atoms with Crippen molar-refractivity contribution in [3.8, 4) is 11.6 Å². The molecule has 1 aromatic carbocycles. The summed E-state index contributed by atoms with van der Waals surface area (Å²) in [5.74, 6) is -1.05. The largest absolute Gasteiger partial charge is 0.497 e. The molecule has 0 bridgehead atoms. The number of alkyl carbamates (subject to hydrolysis) is 1. The molecule has 3 heterocycles. The molecule has 0 spiro atoms. The lowest BCUT2D eigenvalue weighted by molar-refractivity contribution is -0.141. The lowest BCUT2D eigenvalue weighted by Gasteiger charge is -2.30. The Hall–Kier alpha value is -4.14. The van der Waals surface area contributed by atoms with Gasteiger partial charge in [-0.2, -0.15) is 0 Å². The second kappa shape index (κ2) is 14.5. The molecule has 5 atom stereocenters. The maximum atomic E-state index is 14.4. The Balaban J connectivity index is 1.30. The summed E-state index contributed by atoms with van der Waals surface area (Å²) in [6, 6.07) is 5.25. The molecular formula is C36H49N5O9S. The SMILES string of the molecule is COc1ccc2c(OC3C[C@H]4C(=O)N[C@]5(C(=O)NS(=O)(=O)C6CC6)C[C@H]5CCCCCCC[C@H](NC(=O)OC(C)(C)C)C(=O)N4C3)nccc2c1. The molecule has 6 rings (SSSR count). The van der Waals surface area contributed by atoms with Crippen LogP contribution in [0, 0.1) is 5.92 Å². The number of rotatable bonds is 7. The van der Waals surface area contributed by atoms with E-state index in [0.717, 1.165) is 36.5 Å². The Bertz CT molecular complexity index is 1780. The molecule has 1 aromatic heterocycles. The van der Waals surface area contributed by atoms with Gasteiger partial charge in [0.05, 0.1) is 18.9 Å². The molecule has 1 unspecified atom stereocenters. The number of benzene rings is 1. The van der Waals surface area contributed by atoms with Crippen LogP contribution in [-0.2, 0) is 29.1 Å². The molecule has 2 aromatic rings. The van der Waals surface area contributed by atoms with E-state index in [-0.39, 0.29) is 18.9 Å². The molecule has 2 aliphatic carbocycles. The van der Waals surface area contributed by atoms with Crippen LogP contribution in [0.15, 0.2) is 30.5 Å². The van der Waals surface area contributed by atoms with Crippen molar-refractivity contribution in [2.45, 2.75) is 126 Å². The highest BCUT2D eigenvalue weighted by molar-refractivity contribution is 7.91. The number of fused-ring (bicyclic) bond motifs is 3. The maximum absolute atomic E-state index is 14.4. The summed E-state index contributed by atoms with van der Waals surface area (Å²) in [6.07, 6.45) is 6.60. The highest BCUT2D eigenvalue weighted by Crippen LogP contribution is 2.48. The summed E-state index contributed by atoms with van der Waals surface area (Å²) in [5.41, 5.74) is -2.20. The number of nitrogens with zero attached hydrogens (tertiary/aromatic N) is 2. The molecule has 4 aliphatic rings. The van der Waals surface area contributed by atoms with E-state index in [1.54, 1.807) is 40.1 Å². The monoisotopic (exact) mass is 727 g/mol. The van der Waals surface area contributed by atoms with Crippen LogP contribution < -0.4 is 24.8 Å². The summed E-state index contributed by atoms with van der Waals surface area (Å²) in [7, 11) is -2.28. The van der Waals surface area contributed by atoms with E-state index in [0.29, 0.717) is 50.2 Å². The first-order valence-corrected chi connectivity index (χ1v) is 19.5. The fraction of sp³-hybridized carbons (Fsp3) is 0.639. The molecule has 0 radical (unpaired) electrons. The van der Waals surface area contributed by atoms with Crippen molar-refractivity contribution in [3.63, 3.8) is 0 Å². The minimum atomic E-state index is -3.86. The van der Waals surface area contributed by atoms with Gasteiger partial charge in [-0.05, 0) is 88.4 Å². The normalized spacial score (nSPS) is 27.6. The van der Waals surface area contributed by atoms with E-state index in [4.69, 9.17) is 14.2 Å². The van der Waals surface area contributed by atoms with Crippen LogP contribution in [0.1, 0.15) is 91.4 Å². The number of carbonyl (C=O) groups excluding carboxylic acids is 4. The Morgan fingerprint density at radius 3 is 2.45 bits per heavy atom. The highest BCUT2D eigenvalue weighted by atomic mass is 32.2. The Kier molecular flexibility index (Phi) is 10.4. The van der Waals surface area contributed by atoms with Crippen molar-refractivity contribution in [2.75, 3.05) is 13.7 Å². The minimum absolute atomic E-state index is 0.0102. The highest BCUT2D eigenvalue weighted by Gasteiger charge is 2.62. The standard InChI is InChI=1S/C36H49N5O9S/c1-35(2,3)50-34(45)38-28-11-9-7-5-6-8-10-23-20-36(23,33(44)40-51(46,47)26-13-14-26)39-30(42)29-19-25(21-41(29)32(28)43)49-31-27-15-12-24(48-4)18-22(27)16-17-37-31/h12,15-18,23,25-26,28-29H,5-11,13-14,19-21H2,1-4H3,(H,38,45)(H,39,42)(H,40,44)/t23-,25?,28+,29+,36-/m1/s1. The molecule has 4 fully saturated rings. The first-order valence-electron chi connectivity index (χ1n) is 18.0. The third kappa shape index (κ3) is 8.50. The van der Waals surface area contributed by atoms with E-state index in [9.17, 15) is 27.6 Å². The van der Waals surface area contributed by atoms with Gasteiger partial charge in [-0.1, -0.05) is 32.1 Å². The average Bonchev–Trinajstić information content (AvgIpc) is 3.99. The van der Waals surface area contributed by atoms with Gasteiger partial charge >= 0.3 is 6.09 Å². The van der Waals surface area contributed by atoms with E-state index in [1.165, 1.54) is 4.90 Å². The first-order chi connectivity index (χ1) is 24.2. The molecule has 51 heavy (non-hydrogen) atoms. The summed E-state index contributed by atoms with van der Waals surface area (Å²) >= 11 is 0. The van der Waals surface area contributed by atoms with Crippen LogP contribution in [0.25, 0.3) is 10.8 Å². The summed E-state index contributed by atoms with van der Waals surface area (Å²) in [6.45, 7) is 5.21. The number of aromatic nitrogens is 1. The number of pyridine rings is 1. The van der Waals surface area contributed by atoms with Gasteiger partial charge in [-0.3, -0.25) is 19.1 Å². The maximum Gasteiger partial charge on any atom is 0.408 e. The quantitative estimate of drug-likeness (QED) is 0.380. The lowest BCUT2D eigenvalue weighted by Crippen LogP contribution is -2.58. The van der Waals surface area contributed by atoms with Gasteiger partial charge in [0.2, 0.25) is 27.7 Å². The molecule has 15 heteroatoms. The smallest absolute Gasteiger partial charge is 0.408 e. The third-order valence-electron chi connectivity index (χ3n) is 10.2. The van der Waals surface area contributed by atoms with E-state index >= 15 is 0 Å². The molecule has 3 N–H and O–H groups in total. The zero-order valence-electron chi connectivity index (χ0n) is 29.7. The third-order valence-corrected chi connectivity index (χ3v) is 12.0. The van der Waals surface area contributed by atoms with Crippen molar-refractivity contribution < 1.29 is 41.8 Å². The Labute approximate surface area is 298 Å². The van der Waals surface area contributed by atoms with Gasteiger partial charge < -0.3 is 29.7 Å². The number of hydrogen-bond acceptors (Lipinski definition) is 10. The predicted octanol–water partition coefficient (Wildman–Crippen LogP) is 3.71. The molecule has 14 nitrogen and oxygen atoms in total. The first kappa shape index (κ1) is 36.6. The zero-order valence-corrected chi connectivity index (χ0v) is 30.6. The van der Waals surface area contributed by atoms with Crippen molar-refractivity contribution in [1.29, 1.82) is 0 Å². The van der Waals surface area contributed by atoms with Crippen LogP contribution in [-0.4, -0.2) is 90.3 Å². The van der Waals surface area contributed by atoms with Gasteiger partial charge in [0.1, 0.15) is 35.1 Å².